The molecule has 0 saturated heterocycles. The van der Waals surface area contributed by atoms with Crippen LogP contribution in [0, 0.1) is 0 Å². The summed E-state index contributed by atoms with van der Waals surface area (Å²) in [5.74, 6) is 1.92. The highest BCUT2D eigenvalue weighted by molar-refractivity contribution is 5.28. The lowest BCUT2D eigenvalue weighted by Crippen LogP contribution is -2.24. The standard InChI is InChI=1S/C15H21N3O/c1-11(13-5-7-14(19-4)8-6-13)17-12(2)15-16-9-10-18(15)3/h5-12,17H,1-4H3/t11-,12?/m0/s1. The third kappa shape index (κ3) is 3.15. The van der Waals surface area contributed by atoms with Gasteiger partial charge in [0.15, 0.2) is 0 Å². The molecule has 1 unspecified atom stereocenters. The molecule has 0 amide bonds. The summed E-state index contributed by atoms with van der Waals surface area (Å²) in [5, 5.41) is 3.55. The summed E-state index contributed by atoms with van der Waals surface area (Å²) in [6.45, 7) is 4.28. The third-order valence-corrected chi connectivity index (χ3v) is 3.36. The van der Waals surface area contributed by atoms with E-state index in [2.05, 4.69) is 36.3 Å². The predicted octanol–water partition coefficient (Wildman–Crippen LogP) is 2.84. The Balaban J connectivity index is 2.04. The quantitative estimate of drug-likeness (QED) is 0.897. The van der Waals surface area contributed by atoms with Crippen LogP contribution in [-0.2, 0) is 7.05 Å². The Morgan fingerprint density at radius 2 is 1.84 bits per heavy atom. The Kier molecular flexibility index (Phi) is 4.22. The fourth-order valence-corrected chi connectivity index (χ4v) is 2.23. The van der Waals surface area contributed by atoms with Crippen molar-refractivity contribution in [2.24, 2.45) is 7.05 Å². The summed E-state index contributed by atoms with van der Waals surface area (Å²) in [7, 11) is 3.69. The molecule has 0 bridgehead atoms. The Morgan fingerprint density at radius 1 is 1.16 bits per heavy atom. The van der Waals surface area contributed by atoms with Gasteiger partial charge in [-0.1, -0.05) is 12.1 Å². The first-order valence-corrected chi connectivity index (χ1v) is 6.49. The van der Waals surface area contributed by atoms with Gasteiger partial charge in [-0.15, -0.1) is 0 Å². The smallest absolute Gasteiger partial charge is 0.125 e. The van der Waals surface area contributed by atoms with Gasteiger partial charge in [-0.25, -0.2) is 4.98 Å². The van der Waals surface area contributed by atoms with Gasteiger partial charge in [0.25, 0.3) is 0 Å². The number of aromatic nitrogens is 2. The molecule has 1 aromatic heterocycles. The van der Waals surface area contributed by atoms with Gasteiger partial charge in [-0.2, -0.15) is 0 Å². The molecule has 2 rings (SSSR count). The van der Waals surface area contributed by atoms with E-state index in [1.807, 2.05) is 36.1 Å². The molecule has 19 heavy (non-hydrogen) atoms. The van der Waals surface area contributed by atoms with Gasteiger partial charge in [0, 0.05) is 25.5 Å². The molecule has 1 heterocycles. The van der Waals surface area contributed by atoms with Crippen molar-refractivity contribution in [1.82, 2.24) is 14.9 Å². The second-order valence-corrected chi connectivity index (χ2v) is 4.78. The number of hydrogen-bond donors (Lipinski definition) is 1. The maximum Gasteiger partial charge on any atom is 0.125 e. The van der Waals surface area contributed by atoms with E-state index < -0.39 is 0 Å². The Labute approximate surface area is 114 Å². The van der Waals surface area contributed by atoms with Gasteiger partial charge < -0.3 is 14.6 Å². The zero-order valence-electron chi connectivity index (χ0n) is 11.9. The van der Waals surface area contributed by atoms with Gasteiger partial charge in [0.2, 0.25) is 0 Å². The van der Waals surface area contributed by atoms with E-state index in [1.54, 1.807) is 7.11 Å². The molecule has 0 fully saturated rings. The Hall–Kier alpha value is -1.81. The monoisotopic (exact) mass is 259 g/mol. The van der Waals surface area contributed by atoms with Crippen LogP contribution in [0.15, 0.2) is 36.7 Å². The molecule has 0 spiro atoms. The minimum atomic E-state index is 0.206. The first-order chi connectivity index (χ1) is 9.11. The Bertz CT molecular complexity index is 518. The maximum atomic E-state index is 5.17. The van der Waals surface area contributed by atoms with Crippen molar-refractivity contribution in [2.45, 2.75) is 25.9 Å². The topological polar surface area (TPSA) is 39.1 Å². The zero-order chi connectivity index (χ0) is 13.8. The molecule has 2 atom stereocenters. The molecule has 1 N–H and O–H groups in total. The summed E-state index contributed by atoms with van der Waals surface area (Å²) in [5.41, 5.74) is 1.24. The molecule has 4 heteroatoms. The molecular weight excluding hydrogens is 238 g/mol. The van der Waals surface area contributed by atoms with Gasteiger partial charge in [0.1, 0.15) is 11.6 Å². The first kappa shape index (κ1) is 13.6. The van der Waals surface area contributed by atoms with Crippen molar-refractivity contribution in [3.8, 4) is 5.75 Å². The minimum Gasteiger partial charge on any atom is -0.497 e. The van der Waals surface area contributed by atoms with Gasteiger partial charge >= 0.3 is 0 Å². The van der Waals surface area contributed by atoms with Crippen LogP contribution >= 0.6 is 0 Å². The molecule has 2 aromatic rings. The lowest BCUT2D eigenvalue weighted by Gasteiger charge is -2.20. The first-order valence-electron chi connectivity index (χ1n) is 6.49. The zero-order valence-corrected chi connectivity index (χ0v) is 11.9. The molecule has 0 aliphatic rings. The van der Waals surface area contributed by atoms with Crippen LogP contribution in [-0.4, -0.2) is 16.7 Å². The summed E-state index contributed by atoms with van der Waals surface area (Å²) in [4.78, 5) is 4.37. The molecule has 1 aromatic carbocycles. The fraction of sp³-hybridized carbons (Fsp3) is 0.400. The van der Waals surface area contributed by atoms with E-state index in [-0.39, 0.29) is 12.1 Å². The molecule has 4 nitrogen and oxygen atoms in total. The highest BCUT2D eigenvalue weighted by Crippen LogP contribution is 2.20. The highest BCUT2D eigenvalue weighted by Gasteiger charge is 2.14. The van der Waals surface area contributed by atoms with Crippen molar-refractivity contribution in [2.75, 3.05) is 7.11 Å². The van der Waals surface area contributed by atoms with Crippen LogP contribution in [0.2, 0.25) is 0 Å². The van der Waals surface area contributed by atoms with Crippen molar-refractivity contribution >= 4 is 0 Å². The second-order valence-electron chi connectivity index (χ2n) is 4.78. The van der Waals surface area contributed by atoms with Gasteiger partial charge in [-0.3, -0.25) is 0 Å². The number of methoxy groups -OCH3 is 1. The van der Waals surface area contributed by atoms with Crippen molar-refractivity contribution < 1.29 is 4.74 Å². The van der Waals surface area contributed by atoms with Crippen molar-refractivity contribution in [3.63, 3.8) is 0 Å². The van der Waals surface area contributed by atoms with E-state index in [0.29, 0.717) is 0 Å². The van der Waals surface area contributed by atoms with Crippen LogP contribution in [0.1, 0.15) is 37.3 Å². The van der Waals surface area contributed by atoms with E-state index in [0.717, 1.165) is 11.6 Å². The molecule has 102 valence electrons. The predicted molar refractivity (Wildman–Crippen MR) is 76.2 cm³/mol. The normalized spacial score (nSPS) is 14.1. The number of aryl methyl sites for hydroxylation is 1. The van der Waals surface area contributed by atoms with E-state index in [9.17, 15) is 0 Å². The molecule has 0 saturated carbocycles. The second kappa shape index (κ2) is 5.89. The largest absolute Gasteiger partial charge is 0.497 e. The highest BCUT2D eigenvalue weighted by atomic mass is 16.5. The number of nitrogens with one attached hydrogen (secondary N) is 1. The lowest BCUT2D eigenvalue weighted by atomic mass is 10.1. The number of hydrogen-bond acceptors (Lipinski definition) is 3. The van der Waals surface area contributed by atoms with E-state index in [4.69, 9.17) is 4.74 Å². The number of ether oxygens (including phenoxy) is 1. The SMILES string of the molecule is COc1ccc([C@H](C)NC(C)c2nccn2C)cc1. The van der Waals surface area contributed by atoms with Gasteiger partial charge in [0.05, 0.1) is 13.2 Å². The van der Waals surface area contributed by atoms with Crippen LogP contribution < -0.4 is 10.1 Å². The maximum absolute atomic E-state index is 5.17. The van der Waals surface area contributed by atoms with Crippen LogP contribution in [0.4, 0.5) is 0 Å². The molecule has 0 aliphatic heterocycles. The number of nitrogens with zero attached hydrogens (tertiary/aromatic N) is 2. The molecular formula is C15H21N3O. The van der Waals surface area contributed by atoms with E-state index >= 15 is 0 Å². The van der Waals surface area contributed by atoms with E-state index in [1.165, 1.54) is 5.56 Å². The summed E-state index contributed by atoms with van der Waals surface area (Å²) in [6, 6.07) is 8.61. The molecule has 0 aliphatic carbocycles. The number of benzene rings is 1. The average Bonchev–Trinajstić information content (AvgIpc) is 2.85. The van der Waals surface area contributed by atoms with Crippen LogP contribution in [0.5, 0.6) is 5.75 Å². The molecule has 0 radical (unpaired) electrons. The van der Waals surface area contributed by atoms with Crippen molar-refractivity contribution in [3.05, 3.63) is 48.0 Å². The van der Waals surface area contributed by atoms with Crippen LogP contribution in [0.3, 0.4) is 0 Å². The summed E-state index contributed by atoms with van der Waals surface area (Å²) in [6.07, 6.45) is 3.79. The van der Waals surface area contributed by atoms with Gasteiger partial charge in [-0.05, 0) is 31.5 Å². The fourth-order valence-electron chi connectivity index (χ4n) is 2.23. The Morgan fingerprint density at radius 3 is 2.37 bits per heavy atom. The summed E-state index contributed by atoms with van der Waals surface area (Å²) < 4.78 is 7.21. The minimum absolute atomic E-state index is 0.206. The van der Waals surface area contributed by atoms with Crippen molar-refractivity contribution in [1.29, 1.82) is 0 Å². The summed E-state index contributed by atoms with van der Waals surface area (Å²) >= 11 is 0. The van der Waals surface area contributed by atoms with Crippen LogP contribution in [0.25, 0.3) is 0 Å². The average molecular weight is 259 g/mol. The lowest BCUT2D eigenvalue weighted by molar-refractivity contribution is 0.414. The third-order valence-electron chi connectivity index (χ3n) is 3.36. The number of rotatable bonds is 5. The number of imidazole rings is 1.